The lowest BCUT2D eigenvalue weighted by atomic mass is 10.0. The van der Waals surface area contributed by atoms with Crippen molar-refractivity contribution in [1.29, 1.82) is 0 Å². The number of carboxylic acid groups (broad SMARTS) is 1. The number of nitrogens with one attached hydrogen (secondary N) is 2. The van der Waals surface area contributed by atoms with E-state index in [1.807, 2.05) is 19.9 Å². The molecule has 10 nitrogen and oxygen atoms in total. The second kappa shape index (κ2) is 8.94. The van der Waals surface area contributed by atoms with Crippen LogP contribution in [0.1, 0.15) is 11.1 Å². The van der Waals surface area contributed by atoms with Gasteiger partial charge in [-0.3, -0.25) is 20.4 Å². The molecule has 1 heterocycles. The molecule has 172 valence electrons. The third kappa shape index (κ3) is 4.37. The van der Waals surface area contributed by atoms with Crippen molar-refractivity contribution in [2.45, 2.75) is 13.8 Å². The van der Waals surface area contributed by atoms with Gasteiger partial charge in [0.2, 0.25) is 5.71 Å². The highest BCUT2D eigenvalue weighted by molar-refractivity contribution is 6.70. The number of phenolic OH excluding ortho intramolecular Hbond substituents is 1. The Labute approximate surface area is 194 Å². The molecule has 3 aromatic rings. The quantitative estimate of drug-likeness (QED) is 0.197. The summed E-state index contributed by atoms with van der Waals surface area (Å²) in [5, 5.41) is 24.6. The number of carbonyl (C=O) groups is 3. The van der Waals surface area contributed by atoms with Crippen molar-refractivity contribution in [1.82, 2.24) is 5.43 Å². The monoisotopic (exact) mass is 460 g/mol. The Bertz CT molecular complexity index is 1350. The summed E-state index contributed by atoms with van der Waals surface area (Å²) >= 11 is 0. The highest BCUT2D eigenvalue weighted by atomic mass is 16.7. The van der Waals surface area contributed by atoms with E-state index in [0.29, 0.717) is 16.8 Å². The van der Waals surface area contributed by atoms with Gasteiger partial charge in [0, 0.05) is 5.56 Å². The molecule has 2 amide bonds. The summed E-state index contributed by atoms with van der Waals surface area (Å²) in [4.78, 5) is 35.9. The van der Waals surface area contributed by atoms with E-state index in [0.717, 1.165) is 16.1 Å². The number of hydrogen-bond acceptors (Lipinski definition) is 7. The Balaban J connectivity index is 1.58. The number of amides is 2. The van der Waals surface area contributed by atoms with Gasteiger partial charge in [0.15, 0.2) is 0 Å². The van der Waals surface area contributed by atoms with Gasteiger partial charge < -0.3 is 14.9 Å². The van der Waals surface area contributed by atoms with Gasteiger partial charge in [-0.05, 0) is 60.9 Å². The Morgan fingerprint density at radius 2 is 1.79 bits per heavy atom. The number of carbonyl (C=O) groups excluding carboxylic acids is 2. The van der Waals surface area contributed by atoms with E-state index in [1.165, 1.54) is 18.2 Å². The summed E-state index contributed by atoms with van der Waals surface area (Å²) < 4.78 is 4.66. The molecule has 3 aromatic carbocycles. The third-order valence-corrected chi connectivity index (χ3v) is 5.26. The fourth-order valence-corrected chi connectivity index (χ4v) is 3.36. The maximum atomic E-state index is 12.8. The normalized spacial score (nSPS) is 14.3. The minimum atomic E-state index is -1.46. The molecule has 0 atom stereocenters. The first kappa shape index (κ1) is 22.3. The van der Waals surface area contributed by atoms with E-state index in [2.05, 4.69) is 20.7 Å². The number of hydrogen-bond donors (Lipinski definition) is 4. The lowest BCUT2D eigenvalue weighted by molar-refractivity contribution is -0.114. The van der Waals surface area contributed by atoms with Crippen LogP contribution in [0.2, 0.25) is 0 Å². The summed E-state index contributed by atoms with van der Waals surface area (Å²) in [6.45, 7) is 3.84. The molecule has 10 heteroatoms. The number of para-hydroxylation sites is 1. The van der Waals surface area contributed by atoms with Crippen LogP contribution in [-0.4, -0.2) is 33.9 Å². The number of aromatic hydroxyl groups is 1. The van der Waals surface area contributed by atoms with Gasteiger partial charge in [-0.15, -0.1) is 0 Å². The summed E-state index contributed by atoms with van der Waals surface area (Å²) in [5.41, 5.74) is 8.17. The van der Waals surface area contributed by atoms with Gasteiger partial charge in [0.25, 0.3) is 5.91 Å². The first-order valence-corrected chi connectivity index (χ1v) is 10.1. The third-order valence-electron chi connectivity index (χ3n) is 5.26. The molecule has 4 N–H and O–H groups in total. The number of phenols is 1. The van der Waals surface area contributed by atoms with Crippen molar-refractivity contribution in [2.75, 3.05) is 10.4 Å². The Hall–Kier alpha value is -4.86. The second-order valence-corrected chi connectivity index (χ2v) is 7.52. The molecular formula is C24H20N4O6. The highest BCUT2D eigenvalue weighted by Crippen LogP contribution is 2.36. The fourth-order valence-electron chi connectivity index (χ4n) is 3.36. The zero-order valence-electron chi connectivity index (χ0n) is 18.2. The molecule has 0 saturated carbocycles. The fraction of sp³-hybridized carbons (Fsp3) is 0.0833. The van der Waals surface area contributed by atoms with Gasteiger partial charge in [-0.2, -0.15) is 5.10 Å². The predicted molar refractivity (Wildman–Crippen MR) is 125 cm³/mol. The van der Waals surface area contributed by atoms with Crippen molar-refractivity contribution in [2.24, 2.45) is 5.10 Å². The Morgan fingerprint density at radius 3 is 2.53 bits per heavy atom. The number of ether oxygens (including phenoxy) is 1. The molecule has 0 unspecified atom stereocenters. The Kier molecular flexibility index (Phi) is 5.88. The maximum Gasteiger partial charge on any atom is 0.511 e. The maximum absolute atomic E-state index is 12.8. The van der Waals surface area contributed by atoms with Crippen LogP contribution in [0.4, 0.5) is 16.2 Å². The molecule has 1 saturated heterocycles. The molecule has 1 fully saturated rings. The molecule has 0 aromatic heterocycles. The van der Waals surface area contributed by atoms with Crippen LogP contribution in [0.25, 0.3) is 11.1 Å². The number of rotatable bonds is 5. The lowest BCUT2D eigenvalue weighted by Crippen LogP contribution is -2.35. The van der Waals surface area contributed by atoms with Crippen LogP contribution < -0.4 is 20.6 Å². The van der Waals surface area contributed by atoms with Crippen LogP contribution in [0, 0.1) is 13.8 Å². The second-order valence-electron chi connectivity index (χ2n) is 7.52. The molecule has 0 spiro atoms. The van der Waals surface area contributed by atoms with E-state index in [9.17, 15) is 19.5 Å². The van der Waals surface area contributed by atoms with E-state index in [1.54, 1.807) is 36.4 Å². The summed E-state index contributed by atoms with van der Waals surface area (Å²) in [6, 6.07) is 16.3. The van der Waals surface area contributed by atoms with Gasteiger partial charge in [-0.25, -0.2) is 9.80 Å². The van der Waals surface area contributed by atoms with E-state index < -0.39 is 18.0 Å². The van der Waals surface area contributed by atoms with E-state index in [4.69, 9.17) is 5.11 Å². The van der Waals surface area contributed by atoms with Crippen LogP contribution >= 0.6 is 0 Å². The number of hydrazone groups is 1. The molecule has 0 radical (unpaired) electrons. The van der Waals surface area contributed by atoms with Crippen molar-refractivity contribution < 1.29 is 29.3 Å². The van der Waals surface area contributed by atoms with Gasteiger partial charge in [0.1, 0.15) is 11.5 Å². The minimum absolute atomic E-state index is 0.0858. The summed E-state index contributed by atoms with van der Waals surface area (Å²) in [5.74, 6) is -1.46. The molecular weight excluding hydrogens is 440 g/mol. The van der Waals surface area contributed by atoms with Gasteiger partial charge in [-0.1, -0.05) is 30.3 Å². The van der Waals surface area contributed by atoms with Crippen molar-refractivity contribution >= 4 is 35.1 Å². The van der Waals surface area contributed by atoms with Crippen LogP contribution in [-0.2, 0) is 9.59 Å². The van der Waals surface area contributed by atoms with Gasteiger partial charge in [0.05, 0.1) is 11.4 Å². The van der Waals surface area contributed by atoms with Crippen LogP contribution in [0.3, 0.4) is 0 Å². The Morgan fingerprint density at radius 1 is 1.03 bits per heavy atom. The van der Waals surface area contributed by atoms with Crippen LogP contribution in [0.5, 0.6) is 11.5 Å². The molecule has 1 aliphatic rings. The number of hydrazine groups is 1. The lowest BCUT2D eigenvalue weighted by Gasteiger charge is -2.15. The first-order valence-electron chi connectivity index (χ1n) is 10.1. The number of aryl methyl sites for hydroxylation is 2. The molecule has 4 rings (SSSR count). The molecule has 34 heavy (non-hydrogen) atoms. The summed E-state index contributed by atoms with van der Waals surface area (Å²) in [6.07, 6.45) is -1.46. The number of anilines is 2. The largest absolute Gasteiger partial charge is 0.511 e. The number of benzene rings is 3. The van der Waals surface area contributed by atoms with Gasteiger partial charge >= 0.3 is 12.1 Å². The first-order chi connectivity index (χ1) is 16.2. The predicted octanol–water partition coefficient (Wildman–Crippen LogP) is 3.58. The average Bonchev–Trinajstić information content (AvgIpc) is 3.08. The highest BCUT2D eigenvalue weighted by Gasteiger charge is 2.36. The standard InChI is InChI=1S/C24H20N4O6/c1-13-9-10-16(11-14(13)2)28-23(31)20(22(30)27-28)26-25-19-8-4-7-18(21(19)29)15-5-3-6-17(12-15)34-24(32)33/h3-12,25,29H,1-2H3,(H,27,30)(H,32,33). The van der Waals surface area contributed by atoms with E-state index >= 15 is 0 Å². The van der Waals surface area contributed by atoms with Crippen molar-refractivity contribution in [3.8, 4) is 22.6 Å². The molecule has 0 bridgehead atoms. The average molecular weight is 460 g/mol. The van der Waals surface area contributed by atoms with Crippen molar-refractivity contribution in [3.05, 3.63) is 71.8 Å². The van der Waals surface area contributed by atoms with Crippen molar-refractivity contribution in [3.63, 3.8) is 0 Å². The summed E-state index contributed by atoms with van der Waals surface area (Å²) in [7, 11) is 0. The van der Waals surface area contributed by atoms with E-state index in [-0.39, 0.29) is 22.9 Å². The molecule has 1 aliphatic heterocycles. The smallest absolute Gasteiger partial charge is 0.505 e. The number of nitrogens with zero attached hydrogens (tertiary/aromatic N) is 2. The SMILES string of the molecule is Cc1ccc(N2NC(=O)C(=NNc3cccc(-c4cccc(OC(=O)O)c4)c3O)C2=O)cc1C. The topological polar surface area (TPSA) is 141 Å². The zero-order valence-corrected chi connectivity index (χ0v) is 18.2. The zero-order chi connectivity index (χ0) is 24.4. The van der Waals surface area contributed by atoms with Crippen LogP contribution in [0.15, 0.2) is 65.8 Å². The molecule has 0 aliphatic carbocycles. The minimum Gasteiger partial charge on any atom is -0.505 e.